The van der Waals surface area contributed by atoms with E-state index in [0.29, 0.717) is 93.3 Å². The van der Waals surface area contributed by atoms with Crippen molar-refractivity contribution in [2.45, 2.75) is 144 Å². The first-order chi connectivity index (χ1) is 53.2. The summed E-state index contributed by atoms with van der Waals surface area (Å²) in [6.07, 6.45) is 15.9. The molecule has 4 saturated heterocycles. The molecule has 570 valence electrons. The van der Waals surface area contributed by atoms with Gasteiger partial charge in [-0.15, -0.1) is 0 Å². The fourth-order valence-electron chi connectivity index (χ4n) is 16.3. The van der Waals surface area contributed by atoms with Crippen molar-refractivity contribution in [3.63, 3.8) is 0 Å². The number of amides is 9. The van der Waals surface area contributed by atoms with Crippen molar-refractivity contribution < 1.29 is 71.6 Å². The number of anilines is 4. The highest BCUT2D eigenvalue weighted by Gasteiger charge is 2.56. The average molecular weight is 1490 g/mol. The predicted octanol–water partition coefficient (Wildman–Crippen LogP) is 17.2. The van der Waals surface area contributed by atoms with Crippen molar-refractivity contribution in [2.24, 2.45) is 47.3 Å². The lowest BCUT2D eigenvalue weighted by molar-refractivity contribution is -0.138. The molecule has 20 heteroatoms. The van der Waals surface area contributed by atoms with Gasteiger partial charge in [-0.2, -0.15) is 0 Å². The van der Waals surface area contributed by atoms with Crippen molar-refractivity contribution in [1.29, 1.82) is 0 Å². The molecule has 13 rings (SSSR count). The SMILES string of the molecule is CCCCCCOc1cc(C(=O)Oc2ccc(NC(=O)c3cc(-c4cccc(N5C(=O)CC(C6C=C(C)C7C(=O)N(c8ccc(Oc9ccc(C)cc9)cc8)C(=O)C7C6)C5=O)c4)cc(-c4cccc(N5C(=O)C6CC(C7CC(=O)N(C)C7=O)C=C(C)C6C5=O)c4)c3)cc2)cc(OCCCCCC)c1OCCCCCC. The van der Waals surface area contributed by atoms with Crippen molar-refractivity contribution in [1.82, 2.24) is 4.90 Å². The van der Waals surface area contributed by atoms with E-state index in [1.165, 1.54) is 16.8 Å². The van der Waals surface area contributed by atoms with Crippen LogP contribution >= 0.6 is 0 Å². The molecule has 2 aliphatic carbocycles. The Morgan fingerprint density at radius 1 is 0.427 bits per heavy atom. The lowest BCUT2D eigenvalue weighted by atomic mass is 9.71. The number of ether oxygens (including phenoxy) is 5. The Labute approximate surface area is 642 Å². The van der Waals surface area contributed by atoms with Crippen LogP contribution in [0.4, 0.5) is 22.7 Å². The van der Waals surface area contributed by atoms with Crippen molar-refractivity contribution in [3.05, 3.63) is 192 Å². The number of aryl methyl sites for hydroxylation is 1. The Hall–Kier alpha value is -11.3. The second-order valence-electron chi connectivity index (χ2n) is 30.0. The van der Waals surface area contributed by atoms with Crippen LogP contribution in [0, 0.1) is 54.3 Å². The van der Waals surface area contributed by atoms with Gasteiger partial charge >= 0.3 is 5.97 Å². The Morgan fingerprint density at radius 2 is 0.891 bits per heavy atom. The van der Waals surface area contributed by atoms with Gasteiger partial charge in [-0.25, -0.2) is 14.6 Å². The summed E-state index contributed by atoms with van der Waals surface area (Å²) in [5.41, 5.74) is 6.12. The predicted molar refractivity (Wildman–Crippen MR) is 419 cm³/mol. The molecular formula is C90H95N5O15. The standard InChI is InChI=1S/C90H95N5O15/c1-8-11-14-17-38-106-76-50-64(51-77(107-39-18-15-12-9-2)82(76)108-40-19-16-13-10-3)90(105)110-71-34-28-65(29-35-71)91-83(98)63-44-59(43-60(45-63)58-23-21-25-68(47-58)95-87(102)75-48-61(41-55(5)81(75)89(95)104)72-52-78(96)92(7)84(72)99)57-22-20-24-67(46-57)93-79(97)53-73(85(93)100)62-42-56(6)80-74(49-62)86(101)94(88(80)103)66-30-36-70(37-31-66)109-69-32-26-54(4)27-33-69/h20-37,41-47,50-51,61-62,72-75,80-81H,8-19,38-40,48-49,52-53H2,1-7H3,(H,91,98). The number of hydrogen-bond acceptors (Lipinski definition) is 15. The third-order valence-electron chi connectivity index (χ3n) is 22.2. The molecule has 7 aromatic carbocycles. The van der Waals surface area contributed by atoms with Crippen LogP contribution in [0.3, 0.4) is 0 Å². The minimum Gasteiger partial charge on any atom is -0.490 e. The first kappa shape index (κ1) is 76.9. The number of imide groups is 4. The number of fused-ring (bicyclic) bond motifs is 2. The number of hydrogen-bond donors (Lipinski definition) is 1. The lowest BCUT2D eigenvalue weighted by Crippen LogP contribution is -2.35. The van der Waals surface area contributed by atoms with E-state index < -0.39 is 82.8 Å². The summed E-state index contributed by atoms with van der Waals surface area (Å²) in [7, 11) is 1.45. The van der Waals surface area contributed by atoms with Crippen molar-refractivity contribution in [3.8, 4) is 56.8 Å². The van der Waals surface area contributed by atoms with Gasteiger partial charge in [0.1, 0.15) is 17.2 Å². The zero-order valence-corrected chi connectivity index (χ0v) is 63.6. The fraction of sp³-hybridized carbons (Fsp3) is 0.378. The Morgan fingerprint density at radius 3 is 1.40 bits per heavy atom. The van der Waals surface area contributed by atoms with E-state index in [9.17, 15) is 47.9 Å². The van der Waals surface area contributed by atoms with Crippen LogP contribution in [0.25, 0.3) is 22.3 Å². The van der Waals surface area contributed by atoms with Gasteiger partial charge in [0.25, 0.3) is 5.91 Å². The van der Waals surface area contributed by atoms with E-state index in [-0.39, 0.29) is 77.6 Å². The number of carbonyl (C=O) groups excluding carboxylic acids is 10. The second kappa shape index (κ2) is 34.1. The molecule has 8 atom stereocenters. The number of esters is 1. The number of rotatable bonds is 31. The molecular weight excluding hydrogens is 1390 g/mol. The lowest BCUT2D eigenvalue weighted by Gasteiger charge is -2.29. The van der Waals surface area contributed by atoms with Crippen LogP contribution in [-0.4, -0.2) is 90.9 Å². The molecule has 110 heavy (non-hydrogen) atoms. The minimum atomic E-state index is -0.841. The third-order valence-corrected chi connectivity index (χ3v) is 22.2. The summed E-state index contributed by atoms with van der Waals surface area (Å²) < 4.78 is 31.2. The normalized spacial score (nSPS) is 21.0. The van der Waals surface area contributed by atoms with Crippen LogP contribution in [0.15, 0.2) is 175 Å². The molecule has 0 saturated carbocycles. The number of benzene rings is 7. The van der Waals surface area contributed by atoms with E-state index in [2.05, 4.69) is 26.1 Å². The van der Waals surface area contributed by atoms with E-state index in [1.54, 1.807) is 135 Å². The molecule has 1 N–H and O–H groups in total. The highest BCUT2D eigenvalue weighted by atomic mass is 16.5. The summed E-state index contributed by atoms with van der Waals surface area (Å²) in [5, 5.41) is 3.00. The molecule has 4 aliphatic heterocycles. The Bertz CT molecular complexity index is 4740. The van der Waals surface area contributed by atoms with Gasteiger partial charge in [-0.05, 0) is 202 Å². The number of likely N-dealkylation sites (tertiary alicyclic amines) is 1. The van der Waals surface area contributed by atoms with Gasteiger partial charge in [0.2, 0.25) is 53.0 Å². The van der Waals surface area contributed by atoms with Crippen LogP contribution in [0.5, 0.6) is 34.5 Å². The summed E-state index contributed by atoms with van der Waals surface area (Å²) >= 11 is 0. The van der Waals surface area contributed by atoms with Crippen LogP contribution < -0.4 is 43.7 Å². The number of carbonyl (C=O) groups is 10. The second-order valence-corrected chi connectivity index (χ2v) is 30.0. The molecule has 4 fully saturated rings. The first-order valence-corrected chi connectivity index (χ1v) is 38.9. The number of allylic oxidation sites excluding steroid dienone is 2. The van der Waals surface area contributed by atoms with Gasteiger partial charge in [-0.3, -0.25) is 53.0 Å². The molecule has 0 aromatic heterocycles. The molecule has 0 spiro atoms. The number of unbranched alkanes of at least 4 members (excludes halogenated alkanes) is 9. The molecule has 20 nitrogen and oxygen atoms in total. The van der Waals surface area contributed by atoms with E-state index in [4.69, 9.17) is 23.7 Å². The quantitative estimate of drug-likeness (QED) is 0.0140. The maximum atomic E-state index is 14.9. The van der Waals surface area contributed by atoms with Crippen molar-refractivity contribution >= 4 is 81.9 Å². The maximum absolute atomic E-state index is 14.9. The summed E-state index contributed by atoms with van der Waals surface area (Å²) in [4.78, 5) is 147. The molecule has 9 amide bonds. The number of nitrogens with zero attached hydrogens (tertiary/aromatic N) is 4. The molecule has 8 unspecified atom stereocenters. The third kappa shape index (κ3) is 16.5. The van der Waals surface area contributed by atoms with Gasteiger partial charge in [0, 0.05) is 31.1 Å². The topological polar surface area (TPSA) is 242 Å². The fourth-order valence-corrected chi connectivity index (χ4v) is 16.3. The molecule has 4 heterocycles. The average Bonchev–Trinajstić information content (AvgIpc) is 1.59. The summed E-state index contributed by atoms with van der Waals surface area (Å²) in [6, 6.07) is 42.9. The highest BCUT2D eigenvalue weighted by Crippen LogP contribution is 2.50. The van der Waals surface area contributed by atoms with Crippen LogP contribution in [-0.2, 0) is 38.4 Å². The van der Waals surface area contributed by atoms with E-state index >= 15 is 0 Å². The zero-order chi connectivity index (χ0) is 77.4. The van der Waals surface area contributed by atoms with E-state index in [0.717, 1.165) is 92.4 Å². The largest absolute Gasteiger partial charge is 0.490 e. The van der Waals surface area contributed by atoms with Crippen LogP contribution in [0.2, 0.25) is 0 Å². The molecule has 0 bridgehead atoms. The molecule has 7 aromatic rings. The number of nitrogens with one attached hydrogen (secondary N) is 1. The smallest absolute Gasteiger partial charge is 0.343 e. The maximum Gasteiger partial charge on any atom is 0.343 e. The molecule has 0 radical (unpaired) electrons. The first-order valence-electron chi connectivity index (χ1n) is 38.9. The van der Waals surface area contributed by atoms with Crippen LogP contribution in [0.1, 0.15) is 164 Å². The summed E-state index contributed by atoms with van der Waals surface area (Å²) in [6.45, 7) is 13.3. The Balaban J connectivity index is 0.761. The monoisotopic (exact) mass is 1490 g/mol. The minimum absolute atomic E-state index is 0.0226. The summed E-state index contributed by atoms with van der Waals surface area (Å²) in [5.74, 6) is -7.15. The van der Waals surface area contributed by atoms with Gasteiger partial charge in [-0.1, -0.05) is 144 Å². The van der Waals surface area contributed by atoms with Gasteiger partial charge in [0.05, 0.1) is 78.0 Å². The van der Waals surface area contributed by atoms with Gasteiger partial charge < -0.3 is 29.0 Å². The Kier molecular flexibility index (Phi) is 23.8. The zero-order valence-electron chi connectivity index (χ0n) is 63.6. The molecule has 6 aliphatic rings. The highest BCUT2D eigenvalue weighted by molar-refractivity contribution is 6.25. The van der Waals surface area contributed by atoms with Crippen molar-refractivity contribution in [2.75, 3.05) is 46.9 Å². The van der Waals surface area contributed by atoms with E-state index in [1.807, 2.05) is 49.4 Å². The van der Waals surface area contributed by atoms with Gasteiger partial charge in [0.15, 0.2) is 11.5 Å².